The minimum absolute atomic E-state index is 0.0978. The Bertz CT molecular complexity index is 902. The van der Waals surface area contributed by atoms with E-state index in [2.05, 4.69) is 15.6 Å². The zero-order valence-electron chi connectivity index (χ0n) is 16.5. The summed E-state index contributed by atoms with van der Waals surface area (Å²) in [6.45, 7) is 6.29. The fourth-order valence-electron chi connectivity index (χ4n) is 2.26. The molecule has 29 heavy (non-hydrogen) atoms. The zero-order chi connectivity index (χ0) is 21.8. The lowest BCUT2D eigenvalue weighted by Gasteiger charge is -2.19. The van der Waals surface area contributed by atoms with Gasteiger partial charge in [0.1, 0.15) is 16.3 Å². The van der Waals surface area contributed by atoms with Crippen LogP contribution in [0.4, 0.5) is 10.5 Å². The summed E-state index contributed by atoms with van der Waals surface area (Å²) in [5, 5.41) is 23.4. The summed E-state index contributed by atoms with van der Waals surface area (Å²) >= 11 is 1.27. The second-order valence-electron chi connectivity index (χ2n) is 7.17. The minimum Gasteiger partial charge on any atom is -0.480 e. The van der Waals surface area contributed by atoms with E-state index in [1.165, 1.54) is 11.3 Å². The molecule has 156 valence electrons. The van der Waals surface area contributed by atoms with Gasteiger partial charge in [0.25, 0.3) is 5.91 Å². The Kier molecular flexibility index (Phi) is 6.93. The number of aliphatic carboxylic acids is 1. The maximum Gasteiger partial charge on any atom is 0.412 e. The summed E-state index contributed by atoms with van der Waals surface area (Å²) in [5.74, 6) is -2.00. The molecule has 1 heterocycles. The van der Waals surface area contributed by atoms with Crippen molar-refractivity contribution in [3.8, 4) is 10.6 Å². The largest absolute Gasteiger partial charge is 0.480 e. The molecular weight excluding hydrogens is 398 g/mol. The summed E-state index contributed by atoms with van der Waals surface area (Å²) in [7, 11) is 0. The number of carbonyl (C=O) groups excluding carboxylic acids is 2. The van der Waals surface area contributed by atoms with Crippen LogP contribution < -0.4 is 10.6 Å². The molecule has 0 spiro atoms. The van der Waals surface area contributed by atoms with Gasteiger partial charge in [-0.1, -0.05) is 0 Å². The van der Waals surface area contributed by atoms with E-state index in [0.29, 0.717) is 15.6 Å². The fraction of sp³-hybridized carbons (Fsp3) is 0.368. The summed E-state index contributed by atoms with van der Waals surface area (Å²) in [5.41, 5.74) is 0.765. The number of aromatic nitrogens is 1. The van der Waals surface area contributed by atoms with Crippen LogP contribution in [-0.4, -0.2) is 51.4 Å². The summed E-state index contributed by atoms with van der Waals surface area (Å²) in [4.78, 5) is 39.9. The molecule has 0 saturated heterocycles. The molecule has 1 aromatic carbocycles. The molecule has 0 aliphatic carbocycles. The molecular formula is C19H23N3O6S. The number of nitrogens with zero attached hydrogens (tertiary/aromatic N) is 1. The number of amides is 2. The Labute approximate surface area is 171 Å². The van der Waals surface area contributed by atoms with Gasteiger partial charge < -0.3 is 20.3 Å². The number of hydrogen-bond acceptors (Lipinski definition) is 7. The first kappa shape index (κ1) is 22.3. The van der Waals surface area contributed by atoms with Crippen LogP contribution in [0.3, 0.4) is 0 Å². The number of ether oxygens (including phenoxy) is 1. The van der Waals surface area contributed by atoms with Gasteiger partial charge in [-0.05, 0) is 52.0 Å². The van der Waals surface area contributed by atoms with E-state index in [0.717, 1.165) is 5.56 Å². The highest BCUT2D eigenvalue weighted by Crippen LogP contribution is 2.28. The zero-order valence-corrected chi connectivity index (χ0v) is 17.3. The highest BCUT2D eigenvalue weighted by atomic mass is 32.1. The van der Waals surface area contributed by atoms with E-state index in [4.69, 9.17) is 14.9 Å². The maximum atomic E-state index is 12.3. The molecule has 2 aromatic rings. The van der Waals surface area contributed by atoms with Crippen molar-refractivity contribution in [2.45, 2.75) is 39.3 Å². The summed E-state index contributed by atoms with van der Waals surface area (Å²) in [6, 6.07) is 5.44. The van der Waals surface area contributed by atoms with Gasteiger partial charge in [0.05, 0.1) is 6.61 Å². The van der Waals surface area contributed by atoms with Crippen molar-refractivity contribution in [2.24, 2.45) is 0 Å². The third-order valence-corrected chi connectivity index (χ3v) is 4.59. The van der Waals surface area contributed by atoms with Crippen molar-refractivity contribution < 1.29 is 29.3 Å². The van der Waals surface area contributed by atoms with Crippen molar-refractivity contribution in [3.63, 3.8) is 0 Å². The predicted octanol–water partition coefficient (Wildman–Crippen LogP) is 2.64. The van der Waals surface area contributed by atoms with Crippen molar-refractivity contribution >= 4 is 35.0 Å². The number of benzene rings is 1. The van der Waals surface area contributed by atoms with Crippen LogP contribution in [0.2, 0.25) is 0 Å². The molecule has 1 aromatic heterocycles. The smallest absolute Gasteiger partial charge is 0.412 e. The molecule has 0 fully saturated rings. The number of carboxylic acid groups (broad SMARTS) is 1. The van der Waals surface area contributed by atoms with Crippen LogP contribution in [0.25, 0.3) is 10.6 Å². The van der Waals surface area contributed by atoms with Crippen LogP contribution in [0.5, 0.6) is 0 Å². The monoisotopic (exact) mass is 421 g/mol. The second kappa shape index (κ2) is 9.01. The number of carboxylic acids is 1. The van der Waals surface area contributed by atoms with Gasteiger partial charge in [-0.15, -0.1) is 11.3 Å². The van der Waals surface area contributed by atoms with E-state index in [1.54, 1.807) is 52.0 Å². The van der Waals surface area contributed by atoms with E-state index in [9.17, 15) is 14.4 Å². The molecule has 0 radical (unpaired) electrons. The normalized spacial score (nSPS) is 12.2. The molecule has 1 unspecified atom stereocenters. The average molecular weight is 421 g/mol. The van der Waals surface area contributed by atoms with Crippen molar-refractivity contribution in [1.29, 1.82) is 0 Å². The molecule has 10 heteroatoms. The first-order valence-corrected chi connectivity index (χ1v) is 9.54. The molecule has 9 nitrogen and oxygen atoms in total. The SMILES string of the molecule is Cc1sc(-c2ccc(NC(=O)OC(C)(C)C)cc2)nc1C(=O)NC(CO)C(=O)O. The average Bonchev–Trinajstić information content (AvgIpc) is 3.00. The van der Waals surface area contributed by atoms with E-state index < -0.39 is 36.2 Å². The molecule has 4 N–H and O–H groups in total. The summed E-state index contributed by atoms with van der Waals surface area (Å²) in [6.07, 6.45) is -0.564. The van der Waals surface area contributed by atoms with Crippen LogP contribution in [0, 0.1) is 6.92 Å². The predicted molar refractivity (Wildman–Crippen MR) is 108 cm³/mol. The van der Waals surface area contributed by atoms with Gasteiger partial charge in [0.15, 0.2) is 6.04 Å². The summed E-state index contributed by atoms with van der Waals surface area (Å²) < 4.78 is 5.20. The Morgan fingerprint density at radius 2 is 1.83 bits per heavy atom. The molecule has 2 amide bonds. The number of aliphatic hydroxyl groups excluding tert-OH is 1. The highest BCUT2D eigenvalue weighted by Gasteiger charge is 2.23. The van der Waals surface area contributed by atoms with Gasteiger partial charge in [-0.25, -0.2) is 14.6 Å². The van der Waals surface area contributed by atoms with E-state index in [1.807, 2.05) is 0 Å². The lowest BCUT2D eigenvalue weighted by Crippen LogP contribution is -2.43. The topological polar surface area (TPSA) is 138 Å². The Morgan fingerprint density at radius 3 is 2.34 bits per heavy atom. The van der Waals surface area contributed by atoms with Gasteiger partial charge in [0, 0.05) is 16.1 Å². The molecule has 0 saturated carbocycles. The molecule has 2 rings (SSSR count). The molecule has 0 aliphatic heterocycles. The number of thiazole rings is 1. The minimum atomic E-state index is -1.40. The van der Waals surface area contributed by atoms with Crippen molar-refractivity contribution in [1.82, 2.24) is 10.3 Å². The quantitative estimate of drug-likeness (QED) is 0.562. The standard InChI is InChI=1S/C19H23N3O6S/c1-10-14(15(24)21-13(9-23)17(25)26)22-16(29-10)11-5-7-12(8-6-11)20-18(27)28-19(2,3)4/h5-8,13,23H,9H2,1-4H3,(H,20,27)(H,21,24)(H,25,26). The lowest BCUT2D eigenvalue weighted by atomic mass is 10.2. The third-order valence-electron chi connectivity index (χ3n) is 3.57. The number of nitrogens with one attached hydrogen (secondary N) is 2. The number of carbonyl (C=O) groups is 3. The molecule has 0 bridgehead atoms. The Balaban J connectivity index is 2.12. The molecule has 1 atom stereocenters. The van der Waals surface area contributed by atoms with E-state index in [-0.39, 0.29) is 5.69 Å². The number of aryl methyl sites for hydroxylation is 1. The third kappa shape index (κ3) is 6.26. The first-order chi connectivity index (χ1) is 13.5. The van der Waals surface area contributed by atoms with Crippen LogP contribution >= 0.6 is 11.3 Å². The van der Waals surface area contributed by atoms with Gasteiger partial charge >= 0.3 is 12.1 Å². The number of anilines is 1. The van der Waals surface area contributed by atoms with Crippen LogP contribution in [-0.2, 0) is 9.53 Å². The van der Waals surface area contributed by atoms with Gasteiger partial charge in [-0.2, -0.15) is 0 Å². The Hall–Kier alpha value is -2.98. The van der Waals surface area contributed by atoms with E-state index >= 15 is 0 Å². The van der Waals surface area contributed by atoms with Crippen LogP contribution in [0.1, 0.15) is 36.1 Å². The van der Waals surface area contributed by atoms with Crippen molar-refractivity contribution in [2.75, 3.05) is 11.9 Å². The second-order valence-corrected chi connectivity index (χ2v) is 8.38. The maximum absolute atomic E-state index is 12.3. The van der Waals surface area contributed by atoms with Crippen molar-refractivity contribution in [3.05, 3.63) is 34.8 Å². The van der Waals surface area contributed by atoms with Gasteiger partial charge in [0.2, 0.25) is 0 Å². The number of aliphatic hydroxyl groups is 1. The number of rotatable bonds is 6. The molecule has 0 aliphatic rings. The first-order valence-electron chi connectivity index (χ1n) is 8.72. The van der Waals surface area contributed by atoms with Gasteiger partial charge in [-0.3, -0.25) is 10.1 Å². The fourth-order valence-corrected chi connectivity index (χ4v) is 3.18. The van der Waals surface area contributed by atoms with Crippen LogP contribution in [0.15, 0.2) is 24.3 Å². The number of hydrogen-bond donors (Lipinski definition) is 4. The highest BCUT2D eigenvalue weighted by molar-refractivity contribution is 7.15. The Morgan fingerprint density at radius 1 is 1.21 bits per heavy atom. The lowest BCUT2D eigenvalue weighted by molar-refractivity contribution is -0.140.